The number of hydrogen-bond acceptors (Lipinski definition) is 4. The minimum absolute atomic E-state index is 0.0325. The summed E-state index contributed by atoms with van der Waals surface area (Å²) in [7, 11) is 0. The van der Waals surface area contributed by atoms with Gasteiger partial charge in [0, 0.05) is 18.0 Å². The van der Waals surface area contributed by atoms with Crippen LogP contribution in [0.5, 0.6) is 0 Å². The van der Waals surface area contributed by atoms with E-state index in [0.717, 1.165) is 34.9 Å². The second-order valence-electron chi connectivity index (χ2n) is 5.73. The summed E-state index contributed by atoms with van der Waals surface area (Å²) in [6.45, 7) is 1.21. The average molecular weight is 383 g/mol. The van der Waals surface area contributed by atoms with E-state index in [1.165, 1.54) is 22.7 Å². The van der Waals surface area contributed by atoms with Crippen LogP contribution in [0, 0.1) is 0 Å². The lowest BCUT2D eigenvalue weighted by molar-refractivity contribution is -0.126. The topological polar surface area (TPSA) is 49.4 Å². The van der Waals surface area contributed by atoms with Crippen molar-refractivity contribution in [2.45, 2.75) is 31.7 Å². The number of thiophene rings is 2. The minimum atomic E-state index is -0.361. The molecule has 24 heavy (non-hydrogen) atoms. The lowest BCUT2D eigenvalue weighted by Gasteiger charge is -2.34. The van der Waals surface area contributed by atoms with Gasteiger partial charge in [-0.05, 0) is 49.3 Å². The van der Waals surface area contributed by atoms with Crippen LogP contribution in [0.4, 0.5) is 0 Å². The van der Waals surface area contributed by atoms with E-state index >= 15 is 0 Å². The van der Waals surface area contributed by atoms with Gasteiger partial charge in [-0.25, -0.2) is 0 Å². The predicted molar refractivity (Wildman–Crippen MR) is 99.0 cm³/mol. The van der Waals surface area contributed by atoms with Crippen molar-refractivity contribution >= 4 is 46.1 Å². The van der Waals surface area contributed by atoms with Gasteiger partial charge in [0.1, 0.15) is 6.04 Å². The van der Waals surface area contributed by atoms with E-state index in [1.807, 2.05) is 29.6 Å². The van der Waals surface area contributed by atoms with E-state index in [0.29, 0.717) is 18.0 Å². The molecule has 0 saturated carbocycles. The molecule has 3 heterocycles. The molecule has 2 aromatic rings. The van der Waals surface area contributed by atoms with Crippen LogP contribution in [0.2, 0.25) is 4.34 Å². The molecule has 0 spiro atoms. The summed E-state index contributed by atoms with van der Waals surface area (Å²) in [4.78, 5) is 28.7. The monoisotopic (exact) mass is 382 g/mol. The molecule has 3 rings (SSSR count). The van der Waals surface area contributed by atoms with Crippen LogP contribution in [-0.2, 0) is 11.2 Å². The standard InChI is InChI=1S/C17H19ClN2O2S2/c18-15-7-6-12(24-15)8-9-19-16(21)13-4-1-2-10-20(13)17(22)14-5-3-11-23-14/h3,5-7,11,13H,1-2,4,8-10H2,(H,19,21). The van der Waals surface area contributed by atoms with Crippen LogP contribution < -0.4 is 5.32 Å². The quantitative estimate of drug-likeness (QED) is 0.854. The van der Waals surface area contributed by atoms with Gasteiger partial charge in [-0.1, -0.05) is 17.7 Å². The smallest absolute Gasteiger partial charge is 0.264 e. The summed E-state index contributed by atoms with van der Waals surface area (Å²) in [5, 5.41) is 4.86. The number of piperidine rings is 1. The summed E-state index contributed by atoms with van der Waals surface area (Å²) in [6.07, 6.45) is 3.42. The Labute approximate surface area is 154 Å². The lowest BCUT2D eigenvalue weighted by atomic mass is 10.0. The second-order valence-corrected chi connectivity index (χ2v) is 8.48. The van der Waals surface area contributed by atoms with Crippen LogP contribution in [-0.4, -0.2) is 35.8 Å². The number of halogens is 1. The molecule has 0 radical (unpaired) electrons. The third kappa shape index (κ3) is 4.18. The third-order valence-corrected chi connectivity index (χ3v) is 6.25. The van der Waals surface area contributed by atoms with E-state index < -0.39 is 0 Å². The van der Waals surface area contributed by atoms with Crippen LogP contribution in [0.25, 0.3) is 0 Å². The number of rotatable bonds is 5. The fourth-order valence-electron chi connectivity index (χ4n) is 2.90. The van der Waals surface area contributed by atoms with Gasteiger partial charge in [0.25, 0.3) is 5.91 Å². The van der Waals surface area contributed by atoms with Crippen molar-refractivity contribution < 1.29 is 9.59 Å². The maximum Gasteiger partial charge on any atom is 0.264 e. The van der Waals surface area contributed by atoms with Gasteiger partial charge in [-0.15, -0.1) is 22.7 Å². The zero-order valence-electron chi connectivity index (χ0n) is 13.2. The van der Waals surface area contributed by atoms with Gasteiger partial charge < -0.3 is 10.2 Å². The molecule has 1 saturated heterocycles. The largest absolute Gasteiger partial charge is 0.354 e. The number of nitrogens with one attached hydrogen (secondary N) is 1. The molecule has 1 N–H and O–H groups in total. The predicted octanol–water partition coefficient (Wildman–Crippen LogP) is 3.82. The first-order chi connectivity index (χ1) is 11.6. The summed E-state index contributed by atoms with van der Waals surface area (Å²) < 4.78 is 0.760. The highest BCUT2D eigenvalue weighted by Gasteiger charge is 2.32. The van der Waals surface area contributed by atoms with Gasteiger partial charge in [-0.3, -0.25) is 9.59 Å². The molecule has 0 bridgehead atoms. The number of hydrogen-bond donors (Lipinski definition) is 1. The molecule has 1 aliphatic heterocycles. The summed E-state index contributed by atoms with van der Waals surface area (Å²) in [5.74, 6) is -0.0860. The van der Waals surface area contributed by atoms with Crippen molar-refractivity contribution in [3.8, 4) is 0 Å². The van der Waals surface area contributed by atoms with Crippen molar-refractivity contribution in [2.24, 2.45) is 0 Å². The molecule has 1 fully saturated rings. The van der Waals surface area contributed by atoms with E-state index in [4.69, 9.17) is 11.6 Å². The Morgan fingerprint density at radius 1 is 1.29 bits per heavy atom. The summed E-state index contributed by atoms with van der Waals surface area (Å²) in [6, 6.07) is 7.17. The minimum Gasteiger partial charge on any atom is -0.354 e. The first-order valence-electron chi connectivity index (χ1n) is 8.01. The Morgan fingerprint density at radius 3 is 2.88 bits per heavy atom. The lowest BCUT2D eigenvalue weighted by Crippen LogP contribution is -2.52. The highest BCUT2D eigenvalue weighted by atomic mass is 35.5. The van der Waals surface area contributed by atoms with Gasteiger partial charge >= 0.3 is 0 Å². The molecule has 7 heteroatoms. The molecule has 128 valence electrons. The van der Waals surface area contributed by atoms with Crippen LogP contribution in [0.1, 0.15) is 33.8 Å². The molecule has 2 aromatic heterocycles. The molecule has 1 atom stereocenters. The molecule has 2 amide bonds. The van der Waals surface area contributed by atoms with E-state index in [-0.39, 0.29) is 17.9 Å². The number of amides is 2. The first kappa shape index (κ1) is 17.5. The molecule has 0 aliphatic carbocycles. The second kappa shape index (κ2) is 8.14. The third-order valence-electron chi connectivity index (χ3n) is 4.10. The van der Waals surface area contributed by atoms with Crippen molar-refractivity contribution in [1.29, 1.82) is 0 Å². The average Bonchev–Trinajstić information content (AvgIpc) is 3.26. The van der Waals surface area contributed by atoms with Crippen molar-refractivity contribution in [3.63, 3.8) is 0 Å². The van der Waals surface area contributed by atoms with Crippen LogP contribution in [0.15, 0.2) is 29.6 Å². The van der Waals surface area contributed by atoms with Gasteiger partial charge in [0.15, 0.2) is 0 Å². The zero-order chi connectivity index (χ0) is 16.9. The maximum atomic E-state index is 12.6. The summed E-state index contributed by atoms with van der Waals surface area (Å²) in [5.41, 5.74) is 0. The fourth-order valence-corrected chi connectivity index (χ4v) is 4.67. The van der Waals surface area contributed by atoms with Gasteiger partial charge in [-0.2, -0.15) is 0 Å². The normalized spacial score (nSPS) is 17.7. The molecule has 4 nitrogen and oxygen atoms in total. The van der Waals surface area contributed by atoms with Gasteiger partial charge in [0.2, 0.25) is 5.91 Å². The highest BCUT2D eigenvalue weighted by molar-refractivity contribution is 7.16. The fraction of sp³-hybridized carbons (Fsp3) is 0.412. The van der Waals surface area contributed by atoms with Gasteiger partial charge in [0.05, 0.1) is 9.21 Å². The molecule has 0 aromatic carbocycles. The Kier molecular flexibility index (Phi) is 5.92. The molecule has 1 aliphatic rings. The molecular formula is C17H19ClN2O2S2. The number of carbonyl (C=O) groups is 2. The Morgan fingerprint density at radius 2 is 2.17 bits per heavy atom. The summed E-state index contributed by atoms with van der Waals surface area (Å²) >= 11 is 8.87. The zero-order valence-corrected chi connectivity index (χ0v) is 15.6. The maximum absolute atomic E-state index is 12.6. The van der Waals surface area contributed by atoms with Crippen molar-refractivity contribution in [2.75, 3.05) is 13.1 Å². The van der Waals surface area contributed by atoms with E-state index in [1.54, 1.807) is 4.90 Å². The van der Waals surface area contributed by atoms with Crippen molar-refractivity contribution in [3.05, 3.63) is 43.7 Å². The number of carbonyl (C=O) groups excluding carboxylic acids is 2. The van der Waals surface area contributed by atoms with Crippen molar-refractivity contribution in [1.82, 2.24) is 10.2 Å². The number of likely N-dealkylation sites (tertiary alicyclic amines) is 1. The Hall–Kier alpha value is -1.37. The highest BCUT2D eigenvalue weighted by Crippen LogP contribution is 2.23. The number of nitrogens with zero attached hydrogens (tertiary/aromatic N) is 1. The molecular weight excluding hydrogens is 364 g/mol. The van der Waals surface area contributed by atoms with Crippen LogP contribution in [0.3, 0.4) is 0 Å². The van der Waals surface area contributed by atoms with E-state index in [9.17, 15) is 9.59 Å². The van der Waals surface area contributed by atoms with Crippen LogP contribution >= 0.6 is 34.3 Å². The van der Waals surface area contributed by atoms with E-state index in [2.05, 4.69) is 5.32 Å². The SMILES string of the molecule is O=C(NCCc1ccc(Cl)s1)C1CCCCN1C(=O)c1cccs1. The Balaban J connectivity index is 1.58. The first-order valence-corrected chi connectivity index (χ1v) is 10.1. The Bertz CT molecular complexity index is 699. The molecule has 1 unspecified atom stereocenters.